The molecule has 0 aliphatic heterocycles. The van der Waals surface area contributed by atoms with E-state index in [0.29, 0.717) is 18.3 Å². The van der Waals surface area contributed by atoms with E-state index in [9.17, 15) is 4.79 Å². The minimum atomic E-state index is -0.901. The maximum absolute atomic E-state index is 12.9. The predicted octanol–water partition coefficient (Wildman–Crippen LogP) is 4.53. The van der Waals surface area contributed by atoms with E-state index in [1.165, 1.54) is 5.56 Å². The van der Waals surface area contributed by atoms with Gasteiger partial charge in [-0.3, -0.25) is 4.79 Å². The summed E-state index contributed by atoms with van der Waals surface area (Å²) >= 11 is 1.90. The summed E-state index contributed by atoms with van der Waals surface area (Å²) in [6.45, 7) is 13.1. The van der Waals surface area contributed by atoms with Gasteiger partial charge in [-0.25, -0.2) is 0 Å². The molecule has 2 rings (SSSR count). The Morgan fingerprint density at radius 1 is 1.42 bits per heavy atom. The number of carbonyl (C=O) groups excluding carboxylic acids is 1. The third-order valence-corrected chi connectivity index (χ3v) is 6.65. The third kappa shape index (κ3) is 4.38. The first-order chi connectivity index (χ1) is 11.6. The molecule has 0 heterocycles. The predicted molar refractivity (Wildman–Crippen MR) is 114 cm³/mol. The summed E-state index contributed by atoms with van der Waals surface area (Å²) in [5.41, 5.74) is 8.42. The van der Waals surface area contributed by atoms with Gasteiger partial charge in [-0.15, -0.1) is 12.4 Å². The van der Waals surface area contributed by atoms with E-state index in [4.69, 9.17) is 10.5 Å². The van der Waals surface area contributed by atoms with Crippen LogP contribution >= 0.6 is 24.2 Å². The Morgan fingerprint density at radius 2 is 2.08 bits per heavy atom. The van der Waals surface area contributed by atoms with Gasteiger partial charge in [0.15, 0.2) is 0 Å². The smallest absolute Gasteiger partial charge is 0.245 e. The zero-order valence-electron chi connectivity index (χ0n) is 16.7. The van der Waals surface area contributed by atoms with Gasteiger partial charge in [0.1, 0.15) is 5.54 Å². The van der Waals surface area contributed by atoms with Gasteiger partial charge in [0, 0.05) is 29.9 Å². The maximum atomic E-state index is 12.9. The van der Waals surface area contributed by atoms with Gasteiger partial charge in [0.05, 0.1) is 6.10 Å². The lowest BCUT2D eigenvalue weighted by molar-refractivity contribution is -0.166. The van der Waals surface area contributed by atoms with Crippen molar-refractivity contribution in [2.45, 2.75) is 70.6 Å². The van der Waals surface area contributed by atoms with Crippen LogP contribution in [0.25, 0.3) is 0 Å². The highest BCUT2D eigenvalue weighted by atomic mass is 35.5. The van der Waals surface area contributed by atoms with Gasteiger partial charge in [-0.05, 0) is 36.3 Å². The van der Waals surface area contributed by atoms with Crippen LogP contribution in [0.1, 0.15) is 52.2 Å². The van der Waals surface area contributed by atoms with Crippen molar-refractivity contribution in [3.8, 4) is 0 Å². The summed E-state index contributed by atoms with van der Waals surface area (Å²) < 4.78 is 5.72. The molecule has 1 aromatic carbocycles. The van der Waals surface area contributed by atoms with Gasteiger partial charge in [-0.2, -0.15) is 11.8 Å². The Morgan fingerprint density at radius 3 is 2.62 bits per heavy atom. The van der Waals surface area contributed by atoms with Crippen molar-refractivity contribution in [1.29, 1.82) is 0 Å². The third-order valence-electron chi connectivity index (χ3n) is 5.50. The van der Waals surface area contributed by atoms with Crippen LogP contribution in [0.2, 0.25) is 0 Å². The average molecular weight is 401 g/mol. The number of amides is 1. The van der Waals surface area contributed by atoms with Crippen LogP contribution in [0.4, 0.5) is 5.69 Å². The standard InChI is InChI=1S/C20H32N2O2S.ClH/c1-7-24-17-11-20(21,19(17,5)6)18(23)22-16-10-8-9-15(14(16)4)12-25-13(2)3;/h8-10,13,17H,7,11-12,21H2,1-6H3,(H,22,23);1H. The lowest BCUT2D eigenvalue weighted by atomic mass is 9.54. The molecule has 1 fully saturated rings. The highest BCUT2D eigenvalue weighted by molar-refractivity contribution is 7.99. The lowest BCUT2D eigenvalue weighted by Crippen LogP contribution is -2.74. The number of halogens is 1. The Hall–Kier alpha value is -0.750. The van der Waals surface area contributed by atoms with Crippen molar-refractivity contribution in [1.82, 2.24) is 0 Å². The van der Waals surface area contributed by atoms with E-state index in [2.05, 4.69) is 32.2 Å². The zero-order chi connectivity index (χ0) is 18.8. The summed E-state index contributed by atoms with van der Waals surface area (Å²) in [4.78, 5) is 12.9. The molecule has 1 aliphatic carbocycles. The van der Waals surface area contributed by atoms with Crippen LogP contribution in [0.15, 0.2) is 18.2 Å². The van der Waals surface area contributed by atoms with Crippen LogP contribution in [0.5, 0.6) is 0 Å². The van der Waals surface area contributed by atoms with Gasteiger partial charge < -0.3 is 15.8 Å². The zero-order valence-corrected chi connectivity index (χ0v) is 18.4. The fraction of sp³-hybridized carbons (Fsp3) is 0.650. The monoisotopic (exact) mass is 400 g/mol. The summed E-state index contributed by atoms with van der Waals surface area (Å²) in [7, 11) is 0. The molecule has 0 spiro atoms. The lowest BCUT2D eigenvalue weighted by Gasteiger charge is -2.57. The SMILES string of the molecule is CCOC1CC(N)(C(=O)Nc2cccc(CSC(C)C)c2C)C1(C)C.Cl. The number of ether oxygens (including phenoxy) is 1. The molecule has 0 bridgehead atoms. The molecular formula is C20H33ClN2O2S. The molecule has 1 aliphatic rings. The molecule has 1 amide bonds. The average Bonchev–Trinajstić information content (AvgIpc) is 2.55. The Kier molecular flexibility index (Phi) is 8.03. The molecular weight excluding hydrogens is 368 g/mol. The van der Waals surface area contributed by atoms with E-state index >= 15 is 0 Å². The first kappa shape index (κ1) is 23.3. The molecule has 0 saturated heterocycles. The van der Waals surface area contributed by atoms with Crippen molar-refractivity contribution < 1.29 is 9.53 Å². The van der Waals surface area contributed by atoms with E-state index < -0.39 is 5.54 Å². The number of hydrogen-bond acceptors (Lipinski definition) is 4. The molecule has 3 N–H and O–H groups in total. The van der Waals surface area contributed by atoms with E-state index in [-0.39, 0.29) is 29.8 Å². The minimum absolute atomic E-state index is 0. The number of anilines is 1. The molecule has 2 unspecified atom stereocenters. The normalized spacial score (nSPS) is 23.9. The van der Waals surface area contributed by atoms with E-state index in [1.807, 2.05) is 44.7 Å². The van der Waals surface area contributed by atoms with Crippen molar-refractivity contribution in [2.75, 3.05) is 11.9 Å². The van der Waals surface area contributed by atoms with Crippen LogP contribution in [0.3, 0.4) is 0 Å². The summed E-state index contributed by atoms with van der Waals surface area (Å²) in [6.07, 6.45) is 0.588. The van der Waals surface area contributed by atoms with E-state index in [0.717, 1.165) is 17.0 Å². The topological polar surface area (TPSA) is 64.3 Å². The first-order valence-corrected chi connectivity index (χ1v) is 10.1. The fourth-order valence-electron chi connectivity index (χ4n) is 3.29. The quantitative estimate of drug-likeness (QED) is 0.705. The van der Waals surface area contributed by atoms with Gasteiger partial charge >= 0.3 is 0 Å². The van der Waals surface area contributed by atoms with Gasteiger partial charge in [0.2, 0.25) is 5.91 Å². The molecule has 0 radical (unpaired) electrons. The molecule has 26 heavy (non-hydrogen) atoms. The van der Waals surface area contributed by atoms with Crippen LogP contribution < -0.4 is 11.1 Å². The van der Waals surface area contributed by atoms with E-state index in [1.54, 1.807) is 0 Å². The molecule has 1 aromatic rings. The molecule has 2 atom stereocenters. The highest BCUT2D eigenvalue weighted by Crippen LogP contribution is 2.50. The molecule has 148 valence electrons. The van der Waals surface area contributed by atoms with Gasteiger partial charge in [0.25, 0.3) is 0 Å². The molecule has 1 saturated carbocycles. The number of nitrogens with one attached hydrogen (secondary N) is 1. The van der Waals surface area contributed by atoms with Gasteiger partial charge in [-0.1, -0.05) is 39.8 Å². The van der Waals surface area contributed by atoms with Crippen LogP contribution in [-0.4, -0.2) is 29.4 Å². The first-order valence-electron chi connectivity index (χ1n) is 9.05. The summed E-state index contributed by atoms with van der Waals surface area (Å²) in [5.74, 6) is 0.823. The molecule has 6 heteroatoms. The number of thioether (sulfide) groups is 1. The minimum Gasteiger partial charge on any atom is -0.378 e. The highest BCUT2D eigenvalue weighted by Gasteiger charge is 2.62. The Labute approximate surface area is 168 Å². The van der Waals surface area contributed by atoms with Crippen LogP contribution in [0, 0.1) is 12.3 Å². The second kappa shape index (κ2) is 8.96. The Balaban J connectivity index is 0.00000338. The summed E-state index contributed by atoms with van der Waals surface area (Å²) in [6, 6.07) is 6.07. The van der Waals surface area contributed by atoms with Crippen molar-refractivity contribution in [3.05, 3.63) is 29.3 Å². The number of nitrogens with two attached hydrogens (primary N) is 1. The Bertz CT molecular complexity index is 636. The second-order valence-corrected chi connectivity index (χ2v) is 9.31. The van der Waals surface area contributed by atoms with Crippen molar-refractivity contribution >= 4 is 35.8 Å². The number of benzene rings is 1. The molecule has 0 aromatic heterocycles. The summed E-state index contributed by atoms with van der Waals surface area (Å²) in [5, 5.41) is 3.65. The molecule has 4 nitrogen and oxygen atoms in total. The number of carbonyl (C=O) groups is 1. The number of hydrogen-bond donors (Lipinski definition) is 2. The van der Waals surface area contributed by atoms with Crippen LogP contribution in [-0.2, 0) is 15.3 Å². The largest absolute Gasteiger partial charge is 0.378 e. The van der Waals surface area contributed by atoms with Crippen molar-refractivity contribution in [2.24, 2.45) is 11.1 Å². The fourth-order valence-corrected chi connectivity index (χ4v) is 4.11. The number of rotatable bonds is 7. The van der Waals surface area contributed by atoms with Crippen molar-refractivity contribution in [3.63, 3.8) is 0 Å². The maximum Gasteiger partial charge on any atom is 0.245 e. The second-order valence-electron chi connectivity index (χ2n) is 7.74.